The highest BCUT2D eigenvalue weighted by Crippen LogP contribution is 2.19. The van der Waals surface area contributed by atoms with Gasteiger partial charge in [0.2, 0.25) is 0 Å². The average Bonchev–Trinajstić information content (AvgIpc) is 2.60. The van der Waals surface area contributed by atoms with Crippen molar-refractivity contribution in [3.05, 3.63) is 23.8 Å². The third-order valence-corrected chi connectivity index (χ3v) is 2.20. The molecule has 1 aromatic heterocycles. The van der Waals surface area contributed by atoms with Crippen molar-refractivity contribution in [1.29, 1.82) is 0 Å². The van der Waals surface area contributed by atoms with Crippen LogP contribution in [0.15, 0.2) is 22.6 Å². The molecule has 1 heterocycles. The van der Waals surface area contributed by atoms with E-state index in [1.807, 2.05) is 25.1 Å². The number of aryl methyl sites for hydroxylation is 1. The number of benzene rings is 1. The van der Waals surface area contributed by atoms with Crippen LogP contribution in [0.2, 0.25) is 0 Å². The number of nitrogens with one attached hydrogen (secondary N) is 1. The summed E-state index contributed by atoms with van der Waals surface area (Å²) in [5, 5.41) is 3.10. The van der Waals surface area contributed by atoms with Crippen molar-refractivity contribution in [2.45, 2.75) is 13.3 Å². The highest BCUT2D eigenvalue weighted by molar-refractivity contribution is 5.75. The molecule has 80 valence electrons. The summed E-state index contributed by atoms with van der Waals surface area (Å²) in [5.41, 5.74) is 8.28. The van der Waals surface area contributed by atoms with Crippen LogP contribution >= 0.6 is 0 Å². The van der Waals surface area contributed by atoms with Gasteiger partial charge in [0.05, 0.1) is 0 Å². The van der Waals surface area contributed by atoms with Crippen molar-refractivity contribution in [2.24, 2.45) is 5.73 Å². The summed E-state index contributed by atoms with van der Waals surface area (Å²) in [6.45, 7) is 3.50. The maximum Gasteiger partial charge on any atom is 0.295 e. The number of nitrogens with two attached hydrogens (primary N) is 1. The normalized spacial score (nSPS) is 10.8. The number of fused-ring (bicyclic) bond motifs is 1. The molecule has 0 aliphatic rings. The van der Waals surface area contributed by atoms with Gasteiger partial charge in [-0.25, -0.2) is 0 Å². The summed E-state index contributed by atoms with van der Waals surface area (Å²) in [4.78, 5) is 4.31. The van der Waals surface area contributed by atoms with Crippen molar-refractivity contribution < 1.29 is 4.42 Å². The zero-order chi connectivity index (χ0) is 10.7. The summed E-state index contributed by atoms with van der Waals surface area (Å²) in [7, 11) is 0. The lowest BCUT2D eigenvalue weighted by Crippen LogP contribution is -2.08. The zero-order valence-electron chi connectivity index (χ0n) is 8.79. The van der Waals surface area contributed by atoms with Gasteiger partial charge < -0.3 is 15.5 Å². The molecule has 0 saturated heterocycles. The SMILES string of the molecule is Cc1ccc2nc(NCCCN)oc2c1. The van der Waals surface area contributed by atoms with E-state index in [0.717, 1.165) is 24.1 Å². The summed E-state index contributed by atoms with van der Waals surface area (Å²) < 4.78 is 5.53. The first-order valence-electron chi connectivity index (χ1n) is 5.11. The van der Waals surface area contributed by atoms with Crippen LogP contribution in [-0.2, 0) is 0 Å². The topological polar surface area (TPSA) is 64.1 Å². The maximum absolute atomic E-state index is 5.53. The van der Waals surface area contributed by atoms with E-state index in [4.69, 9.17) is 10.2 Å². The second-order valence-electron chi connectivity index (χ2n) is 3.56. The third kappa shape index (κ3) is 2.27. The second kappa shape index (κ2) is 4.31. The van der Waals surface area contributed by atoms with Gasteiger partial charge in [-0.15, -0.1) is 0 Å². The first kappa shape index (κ1) is 9.98. The Hall–Kier alpha value is -1.55. The molecule has 0 amide bonds. The molecule has 0 spiro atoms. The number of nitrogens with zero attached hydrogens (tertiary/aromatic N) is 1. The Bertz CT molecular complexity index is 450. The predicted molar refractivity (Wildman–Crippen MR) is 60.9 cm³/mol. The van der Waals surface area contributed by atoms with Gasteiger partial charge >= 0.3 is 0 Å². The van der Waals surface area contributed by atoms with Crippen LogP contribution in [0.4, 0.5) is 6.01 Å². The fourth-order valence-corrected chi connectivity index (χ4v) is 1.40. The summed E-state index contributed by atoms with van der Waals surface area (Å²) in [6.07, 6.45) is 0.914. The highest BCUT2D eigenvalue weighted by atomic mass is 16.4. The van der Waals surface area contributed by atoms with E-state index in [1.165, 1.54) is 5.56 Å². The number of hydrogen-bond acceptors (Lipinski definition) is 4. The Balaban J connectivity index is 2.16. The lowest BCUT2D eigenvalue weighted by Gasteiger charge is -1.97. The Morgan fingerprint density at radius 3 is 3.13 bits per heavy atom. The fraction of sp³-hybridized carbons (Fsp3) is 0.364. The highest BCUT2D eigenvalue weighted by Gasteiger charge is 2.04. The van der Waals surface area contributed by atoms with E-state index in [0.29, 0.717) is 12.6 Å². The van der Waals surface area contributed by atoms with Crippen molar-refractivity contribution in [2.75, 3.05) is 18.4 Å². The molecule has 0 radical (unpaired) electrons. The van der Waals surface area contributed by atoms with Crippen molar-refractivity contribution in [1.82, 2.24) is 4.98 Å². The van der Waals surface area contributed by atoms with Gasteiger partial charge in [-0.1, -0.05) is 6.07 Å². The molecule has 2 aromatic rings. The quantitative estimate of drug-likeness (QED) is 0.748. The van der Waals surface area contributed by atoms with Crippen LogP contribution in [-0.4, -0.2) is 18.1 Å². The van der Waals surface area contributed by atoms with Crippen LogP contribution < -0.4 is 11.1 Å². The van der Waals surface area contributed by atoms with E-state index in [2.05, 4.69) is 10.3 Å². The number of rotatable bonds is 4. The molecule has 0 unspecified atom stereocenters. The van der Waals surface area contributed by atoms with Crippen molar-refractivity contribution >= 4 is 17.1 Å². The van der Waals surface area contributed by atoms with Gasteiger partial charge in [0.1, 0.15) is 5.52 Å². The molecular weight excluding hydrogens is 190 g/mol. The van der Waals surface area contributed by atoms with Gasteiger partial charge in [-0.3, -0.25) is 0 Å². The van der Waals surface area contributed by atoms with Gasteiger partial charge in [0.25, 0.3) is 6.01 Å². The Labute approximate surface area is 88.5 Å². The molecule has 0 fully saturated rings. The number of hydrogen-bond donors (Lipinski definition) is 2. The average molecular weight is 205 g/mol. The number of aromatic nitrogens is 1. The maximum atomic E-state index is 5.53. The van der Waals surface area contributed by atoms with Crippen molar-refractivity contribution in [3.8, 4) is 0 Å². The third-order valence-electron chi connectivity index (χ3n) is 2.20. The van der Waals surface area contributed by atoms with E-state index in [-0.39, 0.29) is 0 Å². The van der Waals surface area contributed by atoms with Crippen LogP contribution in [0.1, 0.15) is 12.0 Å². The van der Waals surface area contributed by atoms with E-state index >= 15 is 0 Å². The van der Waals surface area contributed by atoms with E-state index in [9.17, 15) is 0 Å². The van der Waals surface area contributed by atoms with Gasteiger partial charge in [-0.05, 0) is 37.6 Å². The van der Waals surface area contributed by atoms with Crippen molar-refractivity contribution in [3.63, 3.8) is 0 Å². The molecule has 3 N–H and O–H groups in total. The predicted octanol–water partition coefficient (Wildman–Crippen LogP) is 1.90. The molecule has 0 aliphatic heterocycles. The molecule has 15 heavy (non-hydrogen) atoms. The monoisotopic (exact) mass is 205 g/mol. The summed E-state index contributed by atoms with van der Waals surface area (Å²) >= 11 is 0. The number of oxazole rings is 1. The van der Waals surface area contributed by atoms with Crippen LogP contribution in [0.3, 0.4) is 0 Å². The number of anilines is 1. The van der Waals surface area contributed by atoms with Gasteiger partial charge in [0, 0.05) is 6.54 Å². The molecule has 0 bridgehead atoms. The minimum absolute atomic E-state index is 0.573. The molecule has 2 rings (SSSR count). The zero-order valence-corrected chi connectivity index (χ0v) is 8.79. The second-order valence-corrected chi connectivity index (χ2v) is 3.56. The van der Waals surface area contributed by atoms with E-state index < -0.39 is 0 Å². The van der Waals surface area contributed by atoms with Crippen LogP contribution in [0, 0.1) is 6.92 Å². The fourth-order valence-electron chi connectivity index (χ4n) is 1.40. The minimum Gasteiger partial charge on any atom is -0.424 e. The molecule has 0 aliphatic carbocycles. The first-order chi connectivity index (χ1) is 7.29. The minimum atomic E-state index is 0.573. The Morgan fingerprint density at radius 1 is 1.47 bits per heavy atom. The molecule has 0 atom stereocenters. The van der Waals surface area contributed by atoms with Gasteiger partial charge in [-0.2, -0.15) is 4.98 Å². The smallest absolute Gasteiger partial charge is 0.295 e. The standard InChI is InChI=1S/C11H15N3O/c1-8-3-4-9-10(7-8)15-11(14-9)13-6-2-5-12/h3-4,7H,2,5-6,12H2,1H3,(H,13,14). The van der Waals surface area contributed by atoms with E-state index in [1.54, 1.807) is 0 Å². The molecule has 4 heteroatoms. The van der Waals surface area contributed by atoms with Gasteiger partial charge in [0.15, 0.2) is 5.58 Å². The largest absolute Gasteiger partial charge is 0.424 e. The Kier molecular flexibility index (Phi) is 2.87. The molecular formula is C11H15N3O. The molecule has 0 saturated carbocycles. The van der Waals surface area contributed by atoms with Crippen LogP contribution in [0.25, 0.3) is 11.1 Å². The molecule has 4 nitrogen and oxygen atoms in total. The molecule has 1 aromatic carbocycles. The lowest BCUT2D eigenvalue weighted by atomic mass is 10.2. The van der Waals surface area contributed by atoms with Crippen LogP contribution in [0.5, 0.6) is 0 Å². The summed E-state index contributed by atoms with van der Waals surface area (Å²) in [6, 6.07) is 6.54. The summed E-state index contributed by atoms with van der Waals surface area (Å²) in [5.74, 6) is 0. The first-order valence-corrected chi connectivity index (χ1v) is 5.11. The lowest BCUT2D eigenvalue weighted by molar-refractivity contribution is 0.612. The Morgan fingerprint density at radius 2 is 2.33 bits per heavy atom.